The number of carbonyl (C=O) groups excluding carboxylic acids is 2. The SMILES string of the molecule is C[C@H]1CC(C(=O)N2CCC3(Cc4cccc(F)c4)c4ccc(C(C)(F)C(F)(F)F)cc4CCC23)CC[C@H]1C(=O)OC(C)(C)C. The van der Waals surface area contributed by atoms with Gasteiger partial charge in [0.1, 0.15) is 11.4 Å². The molecule has 0 bridgehead atoms. The smallest absolute Gasteiger partial charge is 0.426 e. The maximum absolute atomic E-state index is 15.0. The molecule has 6 atom stereocenters. The van der Waals surface area contributed by atoms with Gasteiger partial charge in [-0.25, -0.2) is 8.78 Å². The van der Waals surface area contributed by atoms with Gasteiger partial charge in [-0.15, -0.1) is 0 Å². The Kier molecular flexibility index (Phi) is 8.43. The molecule has 44 heavy (non-hydrogen) atoms. The van der Waals surface area contributed by atoms with E-state index in [1.165, 1.54) is 24.3 Å². The Morgan fingerprint density at radius 1 is 1.00 bits per heavy atom. The largest absolute Gasteiger partial charge is 0.460 e. The fourth-order valence-electron chi connectivity index (χ4n) is 7.88. The minimum atomic E-state index is -5.06. The van der Waals surface area contributed by atoms with Gasteiger partial charge in [0.15, 0.2) is 0 Å². The topological polar surface area (TPSA) is 46.6 Å². The van der Waals surface area contributed by atoms with E-state index in [-0.39, 0.29) is 41.5 Å². The van der Waals surface area contributed by atoms with E-state index < -0.39 is 28.4 Å². The van der Waals surface area contributed by atoms with Gasteiger partial charge < -0.3 is 9.64 Å². The van der Waals surface area contributed by atoms with E-state index in [0.29, 0.717) is 64.0 Å². The Morgan fingerprint density at radius 2 is 1.73 bits per heavy atom. The monoisotopic (exact) mass is 619 g/mol. The minimum absolute atomic E-state index is 0.0265. The zero-order valence-corrected chi connectivity index (χ0v) is 26.1. The third-order valence-corrected chi connectivity index (χ3v) is 10.1. The van der Waals surface area contributed by atoms with Crippen molar-refractivity contribution in [2.24, 2.45) is 17.8 Å². The molecule has 2 fully saturated rings. The molecular weight excluding hydrogens is 577 g/mol. The highest BCUT2D eigenvalue weighted by Crippen LogP contribution is 2.52. The predicted octanol–water partition coefficient (Wildman–Crippen LogP) is 7.99. The van der Waals surface area contributed by atoms with Crippen LogP contribution in [0.2, 0.25) is 0 Å². The van der Waals surface area contributed by atoms with Gasteiger partial charge in [-0.2, -0.15) is 13.2 Å². The summed E-state index contributed by atoms with van der Waals surface area (Å²) in [5.74, 6) is -1.14. The van der Waals surface area contributed by atoms with Crippen LogP contribution in [0.3, 0.4) is 0 Å². The number of benzene rings is 2. The number of likely N-dealkylation sites (tertiary alicyclic amines) is 1. The van der Waals surface area contributed by atoms with Crippen LogP contribution in [0.5, 0.6) is 0 Å². The molecule has 0 N–H and O–H groups in total. The molecular formula is C35H42F5NO3. The first kappa shape index (κ1) is 32.4. The molecule has 3 aliphatic rings. The van der Waals surface area contributed by atoms with Crippen molar-refractivity contribution in [1.82, 2.24) is 4.90 Å². The van der Waals surface area contributed by atoms with E-state index in [2.05, 4.69) is 0 Å². The number of halogens is 5. The lowest BCUT2D eigenvalue weighted by atomic mass is 9.63. The fraction of sp³-hybridized carbons (Fsp3) is 0.600. The maximum atomic E-state index is 15.0. The van der Waals surface area contributed by atoms with Crippen molar-refractivity contribution in [2.45, 2.75) is 108 Å². The van der Waals surface area contributed by atoms with Crippen molar-refractivity contribution in [3.8, 4) is 0 Å². The van der Waals surface area contributed by atoms with Crippen molar-refractivity contribution in [3.63, 3.8) is 0 Å². The number of amides is 1. The van der Waals surface area contributed by atoms with Crippen molar-refractivity contribution >= 4 is 11.9 Å². The van der Waals surface area contributed by atoms with Crippen LogP contribution in [-0.2, 0) is 38.3 Å². The number of hydrogen-bond acceptors (Lipinski definition) is 3. The van der Waals surface area contributed by atoms with Crippen molar-refractivity contribution in [3.05, 3.63) is 70.5 Å². The van der Waals surface area contributed by atoms with Crippen LogP contribution in [0, 0.1) is 23.6 Å². The van der Waals surface area contributed by atoms with Gasteiger partial charge in [0.05, 0.1) is 5.92 Å². The molecule has 4 nitrogen and oxygen atoms in total. The van der Waals surface area contributed by atoms with Gasteiger partial charge in [-0.3, -0.25) is 9.59 Å². The van der Waals surface area contributed by atoms with Crippen LogP contribution in [0.25, 0.3) is 0 Å². The second kappa shape index (κ2) is 11.4. The standard InChI is InChI=1S/C35H42F5NO3/c1-21-17-24(9-12-27(21)31(43)44-32(2,3)4)30(42)41-16-15-34(20-22-7-6-8-26(36)18-22)28-13-11-25(33(5,37)35(38,39)40)19-23(28)10-14-29(34)41/h6-8,11,13,18-19,21,24,27,29H,9-10,12,14-17,20H2,1-5H3/t21-,24?,27+,29?,33?,34?/m0/s1. The Balaban J connectivity index is 1.44. The Hall–Kier alpha value is -2.97. The number of carbonyl (C=O) groups is 2. The van der Waals surface area contributed by atoms with E-state index in [1.807, 2.05) is 38.7 Å². The summed E-state index contributed by atoms with van der Waals surface area (Å²) in [6.07, 6.45) is -1.50. The molecule has 2 aromatic rings. The van der Waals surface area contributed by atoms with Crippen molar-refractivity contribution in [2.75, 3.05) is 6.54 Å². The zero-order chi connectivity index (χ0) is 32.2. The Morgan fingerprint density at radius 3 is 2.36 bits per heavy atom. The normalized spacial score (nSPS) is 28.5. The molecule has 5 rings (SSSR count). The minimum Gasteiger partial charge on any atom is -0.460 e. The van der Waals surface area contributed by atoms with Crippen molar-refractivity contribution < 1.29 is 36.3 Å². The van der Waals surface area contributed by atoms with Crippen LogP contribution in [0.4, 0.5) is 22.0 Å². The van der Waals surface area contributed by atoms with Gasteiger partial charge in [-0.05, 0) is 113 Å². The van der Waals surface area contributed by atoms with Crippen LogP contribution in [0.1, 0.15) is 89.0 Å². The quantitative estimate of drug-likeness (QED) is 0.252. The highest BCUT2D eigenvalue weighted by atomic mass is 19.4. The average molecular weight is 620 g/mol. The maximum Gasteiger partial charge on any atom is 0.426 e. The summed E-state index contributed by atoms with van der Waals surface area (Å²) >= 11 is 0. The van der Waals surface area contributed by atoms with Gasteiger partial charge in [0.2, 0.25) is 11.6 Å². The highest BCUT2D eigenvalue weighted by molar-refractivity contribution is 5.81. The summed E-state index contributed by atoms with van der Waals surface area (Å²) in [5, 5.41) is 0. The number of hydrogen-bond donors (Lipinski definition) is 0. The molecule has 0 radical (unpaired) electrons. The lowest BCUT2D eigenvalue weighted by molar-refractivity contribution is -0.228. The lowest BCUT2D eigenvalue weighted by Crippen LogP contribution is -2.51. The van der Waals surface area contributed by atoms with Crippen LogP contribution < -0.4 is 0 Å². The number of fused-ring (bicyclic) bond motifs is 3. The number of ether oxygens (including phenoxy) is 1. The Labute approximate surface area is 256 Å². The summed E-state index contributed by atoms with van der Waals surface area (Å²) in [4.78, 5) is 28.9. The van der Waals surface area contributed by atoms with Gasteiger partial charge in [-0.1, -0.05) is 37.3 Å². The molecule has 1 saturated carbocycles. The molecule has 1 saturated heterocycles. The molecule has 1 amide bonds. The van der Waals surface area contributed by atoms with E-state index in [0.717, 1.165) is 11.1 Å². The summed E-state index contributed by atoms with van der Waals surface area (Å²) in [5.41, 5.74) is -3.00. The fourth-order valence-corrected chi connectivity index (χ4v) is 7.88. The van der Waals surface area contributed by atoms with Crippen LogP contribution >= 0.6 is 0 Å². The zero-order valence-electron chi connectivity index (χ0n) is 26.1. The molecule has 2 aliphatic carbocycles. The summed E-state index contributed by atoms with van der Waals surface area (Å²) in [7, 11) is 0. The number of rotatable bonds is 5. The third-order valence-electron chi connectivity index (χ3n) is 10.1. The van der Waals surface area contributed by atoms with Crippen LogP contribution in [-0.4, -0.2) is 41.1 Å². The van der Waals surface area contributed by atoms with Gasteiger partial charge in [0, 0.05) is 23.9 Å². The van der Waals surface area contributed by atoms with Crippen LogP contribution in [0.15, 0.2) is 42.5 Å². The second-order valence-electron chi connectivity index (χ2n) is 14.3. The number of esters is 1. The molecule has 2 aromatic carbocycles. The summed E-state index contributed by atoms with van der Waals surface area (Å²) < 4.78 is 75.6. The first-order valence-electron chi connectivity index (χ1n) is 15.6. The van der Waals surface area contributed by atoms with E-state index in [9.17, 15) is 31.5 Å². The molecule has 9 heteroatoms. The highest BCUT2D eigenvalue weighted by Gasteiger charge is 2.56. The van der Waals surface area contributed by atoms with E-state index in [4.69, 9.17) is 4.74 Å². The third kappa shape index (κ3) is 6.00. The predicted molar refractivity (Wildman–Crippen MR) is 157 cm³/mol. The molecule has 4 unspecified atom stereocenters. The summed E-state index contributed by atoms with van der Waals surface area (Å²) in [6.45, 7) is 8.50. The second-order valence-corrected chi connectivity index (χ2v) is 14.3. The number of nitrogens with zero attached hydrogens (tertiary/aromatic N) is 1. The van der Waals surface area contributed by atoms with Gasteiger partial charge >= 0.3 is 12.1 Å². The molecule has 0 spiro atoms. The average Bonchev–Trinajstić information content (AvgIpc) is 3.29. The van der Waals surface area contributed by atoms with E-state index in [1.54, 1.807) is 12.1 Å². The first-order valence-corrected chi connectivity index (χ1v) is 15.6. The van der Waals surface area contributed by atoms with Gasteiger partial charge in [0.25, 0.3) is 0 Å². The molecule has 1 aliphatic heterocycles. The summed E-state index contributed by atoms with van der Waals surface area (Å²) in [6, 6.07) is 10.2. The number of aryl methyl sites for hydroxylation is 1. The Bertz CT molecular complexity index is 1410. The molecule has 1 heterocycles. The molecule has 0 aromatic heterocycles. The first-order chi connectivity index (χ1) is 20.4. The lowest BCUT2D eigenvalue weighted by Gasteiger charge is -2.45. The molecule has 240 valence electrons. The number of alkyl halides is 4. The van der Waals surface area contributed by atoms with Crippen molar-refractivity contribution in [1.29, 1.82) is 0 Å². The van der Waals surface area contributed by atoms with E-state index >= 15 is 0 Å².